The highest BCUT2D eigenvalue weighted by Gasteiger charge is 2.43. The maximum Gasteiger partial charge on any atom is 0.0506 e. The number of nitrogens with zero attached hydrogens (tertiary/aromatic N) is 2. The molecule has 0 aromatic heterocycles. The number of benzene rings is 1. The molecule has 0 saturated carbocycles. The van der Waals surface area contributed by atoms with Gasteiger partial charge in [-0.15, -0.1) is 0 Å². The van der Waals surface area contributed by atoms with E-state index in [0.717, 1.165) is 5.92 Å². The lowest BCUT2D eigenvalue weighted by Gasteiger charge is -2.53. The summed E-state index contributed by atoms with van der Waals surface area (Å²) in [6.45, 7) is 8.84. The Hall–Kier alpha value is -0.900. The van der Waals surface area contributed by atoms with Gasteiger partial charge in [-0.3, -0.25) is 9.80 Å². The monoisotopic (exact) mass is 285 g/mol. The Balaban J connectivity index is 1.26. The molecule has 4 rings (SSSR count). The molecule has 3 aliphatic heterocycles. The van der Waals surface area contributed by atoms with Crippen molar-refractivity contribution in [1.29, 1.82) is 0 Å². The van der Waals surface area contributed by atoms with E-state index in [4.69, 9.17) is 0 Å². The smallest absolute Gasteiger partial charge is 0.0506 e. The van der Waals surface area contributed by atoms with Crippen LogP contribution in [0.3, 0.4) is 0 Å². The Morgan fingerprint density at radius 1 is 1.05 bits per heavy atom. The van der Waals surface area contributed by atoms with Crippen molar-refractivity contribution in [2.45, 2.75) is 25.2 Å². The highest BCUT2D eigenvalue weighted by molar-refractivity contribution is 5.21. The van der Waals surface area contributed by atoms with Crippen LogP contribution in [0.1, 0.15) is 30.7 Å². The van der Waals surface area contributed by atoms with Crippen LogP contribution in [0.15, 0.2) is 30.3 Å². The molecule has 0 aliphatic carbocycles. The van der Waals surface area contributed by atoms with Crippen molar-refractivity contribution in [3.05, 3.63) is 35.9 Å². The molecule has 1 atom stereocenters. The maximum absolute atomic E-state index is 3.49. The third-order valence-corrected chi connectivity index (χ3v) is 5.73. The molecule has 1 unspecified atom stereocenters. The second-order valence-electron chi connectivity index (χ2n) is 7.35. The van der Waals surface area contributed by atoms with Gasteiger partial charge in [0.1, 0.15) is 0 Å². The molecular weight excluding hydrogens is 258 g/mol. The quantitative estimate of drug-likeness (QED) is 0.918. The minimum Gasteiger partial charge on any atom is -0.317 e. The number of hydrogen-bond acceptors (Lipinski definition) is 3. The zero-order valence-corrected chi connectivity index (χ0v) is 12.9. The fourth-order valence-corrected chi connectivity index (χ4v) is 4.52. The summed E-state index contributed by atoms with van der Waals surface area (Å²) in [7, 11) is 0. The van der Waals surface area contributed by atoms with Crippen LogP contribution in [-0.2, 0) is 0 Å². The molecule has 0 amide bonds. The van der Waals surface area contributed by atoms with Crippen molar-refractivity contribution in [2.24, 2.45) is 5.41 Å². The molecule has 3 nitrogen and oxygen atoms in total. The van der Waals surface area contributed by atoms with E-state index in [2.05, 4.69) is 45.4 Å². The molecule has 3 saturated heterocycles. The summed E-state index contributed by atoms with van der Waals surface area (Å²) in [4.78, 5) is 5.32. The minimum absolute atomic E-state index is 0.670. The Morgan fingerprint density at radius 3 is 2.57 bits per heavy atom. The fraction of sp³-hybridized carbons (Fsp3) is 0.667. The van der Waals surface area contributed by atoms with Gasteiger partial charge in [0.05, 0.1) is 6.67 Å². The van der Waals surface area contributed by atoms with E-state index < -0.39 is 0 Å². The van der Waals surface area contributed by atoms with E-state index in [0.29, 0.717) is 5.41 Å². The first kappa shape index (κ1) is 13.7. The summed E-state index contributed by atoms with van der Waals surface area (Å²) in [5, 5.41) is 3.49. The highest BCUT2D eigenvalue weighted by Crippen LogP contribution is 2.39. The first-order chi connectivity index (χ1) is 10.3. The molecular formula is C18H27N3. The van der Waals surface area contributed by atoms with Gasteiger partial charge in [-0.25, -0.2) is 0 Å². The molecule has 0 bridgehead atoms. The largest absolute Gasteiger partial charge is 0.317 e. The van der Waals surface area contributed by atoms with Gasteiger partial charge >= 0.3 is 0 Å². The third-order valence-electron chi connectivity index (χ3n) is 5.73. The first-order valence-electron chi connectivity index (χ1n) is 8.53. The van der Waals surface area contributed by atoms with Gasteiger partial charge in [-0.05, 0) is 49.2 Å². The van der Waals surface area contributed by atoms with Crippen LogP contribution in [0, 0.1) is 5.41 Å². The van der Waals surface area contributed by atoms with Crippen LogP contribution in [0.25, 0.3) is 0 Å². The predicted molar refractivity (Wildman–Crippen MR) is 86.3 cm³/mol. The van der Waals surface area contributed by atoms with Crippen LogP contribution < -0.4 is 5.32 Å². The second-order valence-corrected chi connectivity index (χ2v) is 7.35. The first-order valence-corrected chi connectivity index (χ1v) is 8.53. The topological polar surface area (TPSA) is 18.5 Å². The van der Waals surface area contributed by atoms with Gasteiger partial charge in [-0.2, -0.15) is 0 Å². The van der Waals surface area contributed by atoms with Gasteiger partial charge in [0.15, 0.2) is 0 Å². The van der Waals surface area contributed by atoms with Gasteiger partial charge in [0, 0.05) is 26.2 Å². The maximum atomic E-state index is 3.49. The van der Waals surface area contributed by atoms with E-state index in [9.17, 15) is 0 Å². The zero-order valence-electron chi connectivity index (χ0n) is 12.9. The van der Waals surface area contributed by atoms with Crippen LogP contribution in [0.2, 0.25) is 0 Å². The van der Waals surface area contributed by atoms with Gasteiger partial charge in [-0.1, -0.05) is 30.3 Å². The number of hydrogen-bond donors (Lipinski definition) is 1. The Bertz CT molecular complexity index is 459. The van der Waals surface area contributed by atoms with Crippen LogP contribution in [0.4, 0.5) is 0 Å². The summed E-state index contributed by atoms with van der Waals surface area (Å²) in [6.07, 6.45) is 4.10. The van der Waals surface area contributed by atoms with E-state index in [1.54, 1.807) is 0 Å². The molecule has 1 spiro atoms. The summed E-state index contributed by atoms with van der Waals surface area (Å²) in [5.41, 5.74) is 2.20. The number of likely N-dealkylation sites (tertiary alicyclic amines) is 2. The van der Waals surface area contributed by atoms with Crippen molar-refractivity contribution in [3.63, 3.8) is 0 Å². The number of rotatable bonds is 3. The summed E-state index contributed by atoms with van der Waals surface area (Å²) in [5.74, 6) is 0.750. The van der Waals surface area contributed by atoms with Crippen molar-refractivity contribution in [1.82, 2.24) is 15.1 Å². The van der Waals surface area contributed by atoms with Crippen LogP contribution in [0.5, 0.6) is 0 Å². The summed E-state index contributed by atoms with van der Waals surface area (Å²) >= 11 is 0. The minimum atomic E-state index is 0.670. The van der Waals surface area contributed by atoms with Crippen molar-refractivity contribution in [3.8, 4) is 0 Å². The van der Waals surface area contributed by atoms with E-state index in [1.165, 1.54) is 70.8 Å². The average Bonchev–Trinajstić information content (AvgIpc) is 2.96. The molecule has 1 aromatic rings. The number of piperidine rings is 1. The Kier molecular flexibility index (Phi) is 3.74. The van der Waals surface area contributed by atoms with E-state index >= 15 is 0 Å². The van der Waals surface area contributed by atoms with E-state index in [1.807, 2.05) is 0 Å². The van der Waals surface area contributed by atoms with Gasteiger partial charge in [0.25, 0.3) is 0 Å². The molecule has 21 heavy (non-hydrogen) atoms. The fourth-order valence-electron chi connectivity index (χ4n) is 4.52. The lowest BCUT2D eigenvalue weighted by molar-refractivity contribution is -0.0497. The van der Waals surface area contributed by atoms with Crippen molar-refractivity contribution >= 4 is 0 Å². The molecule has 1 N–H and O–H groups in total. The summed E-state index contributed by atoms with van der Waals surface area (Å²) in [6, 6.07) is 11.1. The standard InChI is InChI=1S/C18H27N3/c1-2-4-16(5-3-1)17-6-11-20(12-17)15-21-13-18(14-21)7-9-19-10-8-18/h1-5,17,19H,6-15H2. The summed E-state index contributed by atoms with van der Waals surface area (Å²) < 4.78 is 0. The van der Waals surface area contributed by atoms with Crippen LogP contribution in [-0.4, -0.2) is 55.7 Å². The normalized spacial score (nSPS) is 29.6. The van der Waals surface area contributed by atoms with Gasteiger partial charge in [0.2, 0.25) is 0 Å². The number of nitrogens with one attached hydrogen (secondary N) is 1. The highest BCUT2D eigenvalue weighted by atomic mass is 15.4. The molecule has 114 valence electrons. The molecule has 3 heterocycles. The third kappa shape index (κ3) is 2.87. The molecule has 3 heteroatoms. The van der Waals surface area contributed by atoms with Gasteiger partial charge < -0.3 is 5.32 Å². The average molecular weight is 285 g/mol. The molecule has 3 fully saturated rings. The van der Waals surface area contributed by atoms with E-state index in [-0.39, 0.29) is 0 Å². The second kappa shape index (κ2) is 5.71. The zero-order chi connectivity index (χ0) is 14.1. The van der Waals surface area contributed by atoms with Crippen molar-refractivity contribution in [2.75, 3.05) is 45.9 Å². The lowest BCUT2D eigenvalue weighted by atomic mass is 9.72. The molecule has 1 aromatic carbocycles. The SMILES string of the molecule is c1ccc(C2CCN(CN3CC4(CCNCC4)C3)C2)cc1. The Labute approximate surface area is 128 Å². The van der Waals surface area contributed by atoms with Crippen LogP contribution >= 0.6 is 0 Å². The predicted octanol–water partition coefficient (Wildman–Crippen LogP) is 2.12. The molecule has 0 radical (unpaired) electrons. The lowest BCUT2D eigenvalue weighted by Crippen LogP contribution is -2.61. The molecule has 3 aliphatic rings. The van der Waals surface area contributed by atoms with Crippen molar-refractivity contribution < 1.29 is 0 Å². The Morgan fingerprint density at radius 2 is 1.81 bits per heavy atom.